The molecule has 2 heterocycles. The molecule has 1 unspecified atom stereocenters. The highest BCUT2D eigenvalue weighted by Crippen LogP contribution is 2.29. The van der Waals surface area contributed by atoms with Crippen LogP contribution in [0.15, 0.2) is 48.5 Å². The molecule has 0 spiro atoms. The van der Waals surface area contributed by atoms with Gasteiger partial charge in [0.15, 0.2) is 0 Å². The standard InChI is InChI=1S/C29H39Cl2N3O3S/c1-29(2,3)37-28(35)32-15-13-25(14-16-32)33-19-27(18-22-7-11-24(31)12-8-22)34(38(4)36)20-26(33)17-21-5-9-23(30)10-6-21/h5-12,25-27H,13-20H2,1-4H3/t26-,27-,38?/m0/s1. The zero-order valence-corrected chi connectivity index (χ0v) is 25.1. The summed E-state index contributed by atoms with van der Waals surface area (Å²) in [5.74, 6) is 0. The van der Waals surface area contributed by atoms with Gasteiger partial charge in [-0.1, -0.05) is 47.5 Å². The number of likely N-dealkylation sites (tertiary alicyclic amines) is 1. The molecule has 2 aromatic rings. The van der Waals surface area contributed by atoms with Crippen LogP contribution in [0.2, 0.25) is 10.0 Å². The number of nitrogens with zero attached hydrogens (tertiary/aromatic N) is 3. The predicted molar refractivity (Wildman–Crippen MR) is 156 cm³/mol. The van der Waals surface area contributed by atoms with Gasteiger partial charge in [0.25, 0.3) is 0 Å². The zero-order valence-electron chi connectivity index (χ0n) is 22.7. The molecule has 2 aliphatic heterocycles. The summed E-state index contributed by atoms with van der Waals surface area (Å²) in [6, 6.07) is 16.6. The van der Waals surface area contributed by atoms with E-state index in [0.29, 0.717) is 19.1 Å². The molecule has 0 bridgehead atoms. The van der Waals surface area contributed by atoms with E-state index in [-0.39, 0.29) is 18.2 Å². The summed E-state index contributed by atoms with van der Waals surface area (Å²) in [6.45, 7) is 8.59. The zero-order chi connectivity index (χ0) is 27.4. The monoisotopic (exact) mass is 579 g/mol. The number of piperazine rings is 1. The van der Waals surface area contributed by atoms with Gasteiger partial charge in [0, 0.05) is 60.6 Å². The number of hydrogen-bond donors (Lipinski definition) is 0. The summed E-state index contributed by atoms with van der Waals surface area (Å²) in [7, 11) is -1.09. The third-order valence-electron chi connectivity index (χ3n) is 7.37. The molecule has 0 aliphatic carbocycles. The van der Waals surface area contributed by atoms with Gasteiger partial charge >= 0.3 is 6.09 Å². The molecule has 2 aromatic carbocycles. The molecule has 9 heteroatoms. The largest absolute Gasteiger partial charge is 0.444 e. The topological polar surface area (TPSA) is 53.1 Å². The molecule has 3 atom stereocenters. The molecular formula is C29H39Cl2N3O3S. The van der Waals surface area contributed by atoms with Gasteiger partial charge in [-0.15, -0.1) is 0 Å². The van der Waals surface area contributed by atoms with E-state index in [2.05, 4.69) is 33.5 Å². The van der Waals surface area contributed by atoms with Crippen molar-refractivity contribution in [3.63, 3.8) is 0 Å². The summed E-state index contributed by atoms with van der Waals surface area (Å²) in [4.78, 5) is 17.1. The lowest BCUT2D eigenvalue weighted by Gasteiger charge is -2.50. The molecule has 2 saturated heterocycles. The second-order valence-electron chi connectivity index (χ2n) is 11.4. The van der Waals surface area contributed by atoms with Crippen LogP contribution in [0.25, 0.3) is 0 Å². The first-order valence-corrected chi connectivity index (χ1v) is 15.6. The van der Waals surface area contributed by atoms with E-state index in [1.165, 1.54) is 11.1 Å². The van der Waals surface area contributed by atoms with Crippen LogP contribution < -0.4 is 0 Å². The van der Waals surface area contributed by atoms with Gasteiger partial charge in [-0.3, -0.25) is 4.90 Å². The fraction of sp³-hybridized carbons (Fsp3) is 0.552. The molecule has 208 valence electrons. The summed E-state index contributed by atoms with van der Waals surface area (Å²) >= 11 is 12.3. The Bertz CT molecular complexity index is 1100. The number of halogens is 2. The van der Waals surface area contributed by atoms with Gasteiger partial charge in [0.2, 0.25) is 0 Å². The summed E-state index contributed by atoms with van der Waals surface area (Å²) in [5.41, 5.74) is 1.90. The Morgan fingerprint density at radius 1 is 0.895 bits per heavy atom. The van der Waals surface area contributed by atoms with Crippen molar-refractivity contribution in [3.8, 4) is 0 Å². The van der Waals surface area contributed by atoms with Crippen molar-refractivity contribution < 1.29 is 13.7 Å². The van der Waals surface area contributed by atoms with Crippen molar-refractivity contribution in [1.82, 2.24) is 14.1 Å². The van der Waals surface area contributed by atoms with Gasteiger partial charge in [-0.25, -0.2) is 13.3 Å². The van der Waals surface area contributed by atoms with Gasteiger partial charge < -0.3 is 9.64 Å². The number of rotatable bonds is 6. The SMILES string of the molecule is CS(=O)N1C[C@H](Cc2ccc(Cl)cc2)N(C2CCN(C(=O)OC(C)(C)C)CC2)C[C@@H]1Cc1ccc(Cl)cc1. The highest BCUT2D eigenvalue weighted by atomic mass is 35.5. The Morgan fingerprint density at radius 3 is 1.87 bits per heavy atom. The maximum atomic E-state index is 12.9. The van der Waals surface area contributed by atoms with Crippen LogP contribution in [0.3, 0.4) is 0 Å². The second-order valence-corrected chi connectivity index (χ2v) is 13.6. The Morgan fingerprint density at radius 2 is 1.39 bits per heavy atom. The van der Waals surface area contributed by atoms with E-state index in [1.54, 1.807) is 6.26 Å². The van der Waals surface area contributed by atoms with E-state index in [9.17, 15) is 9.00 Å². The van der Waals surface area contributed by atoms with E-state index < -0.39 is 16.6 Å². The van der Waals surface area contributed by atoms with Crippen LogP contribution >= 0.6 is 23.2 Å². The molecule has 0 radical (unpaired) electrons. The molecule has 0 N–H and O–H groups in total. The van der Waals surface area contributed by atoms with Gasteiger partial charge in [0.05, 0.1) is 11.0 Å². The molecule has 2 fully saturated rings. The number of amides is 1. The van der Waals surface area contributed by atoms with Crippen molar-refractivity contribution in [2.45, 2.75) is 70.2 Å². The molecule has 4 rings (SSSR count). The molecule has 0 aromatic heterocycles. The Kier molecular flexibility index (Phi) is 9.80. The molecule has 2 aliphatic rings. The summed E-state index contributed by atoms with van der Waals surface area (Å²) in [5, 5.41) is 1.44. The number of carbonyl (C=O) groups is 1. The first-order valence-electron chi connectivity index (χ1n) is 13.3. The molecule has 0 saturated carbocycles. The number of hydrogen-bond acceptors (Lipinski definition) is 4. The van der Waals surface area contributed by atoms with Crippen LogP contribution in [0.1, 0.15) is 44.7 Å². The lowest BCUT2D eigenvalue weighted by Crippen LogP contribution is -2.63. The van der Waals surface area contributed by atoms with E-state index in [1.807, 2.05) is 49.9 Å². The first kappa shape index (κ1) is 29.3. The minimum absolute atomic E-state index is 0.118. The predicted octanol–water partition coefficient (Wildman–Crippen LogP) is 5.83. The third kappa shape index (κ3) is 7.95. The Balaban J connectivity index is 1.53. The maximum absolute atomic E-state index is 12.9. The van der Waals surface area contributed by atoms with Crippen LogP contribution in [0, 0.1) is 0 Å². The highest BCUT2D eigenvalue weighted by molar-refractivity contribution is 7.81. The lowest BCUT2D eigenvalue weighted by atomic mass is 9.93. The molecular weight excluding hydrogens is 541 g/mol. The van der Waals surface area contributed by atoms with E-state index in [4.69, 9.17) is 27.9 Å². The number of piperidine rings is 1. The minimum Gasteiger partial charge on any atom is -0.444 e. The van der Waals surface area contributed by atoms with Crippen molar-refractivity contribution in [1.29, 1.82) is 0 Å². The average molecular weight is 581 g/mol. The maximum Gasteiger partial charge on any atom is 0.410 e. The second kappa shape index (κ2) is 12.7. The summed E-state index contributed by atoms with van der Waals surface area (Å²) < 4.78 is 20.7. The van der Waals surface area contributed by atoms with Crippen LogP contribution in [0.4, 0.5) is 4.79 Å². The Hall–Kier alpha value is -1.64. The normalized spacial score (nSPS) is 22.8. The van der Waals surface area contributed by atoms with Crippen LogP contribution in [-0.2, 0) is 28.6 Å². The van der Waals surface area contributed by atoms with Crippen molar-refractivity contribution >= 4 is 40.3 Å². The Labute approximate surface area is 239 Å². The quantitative estimate of drug-likeness (QED) is 0.432. The smallest absolute Gasteiger partial charge is 0.410 e. The number of ether oxygens (including phenoxy) is 1. The van der Waals surface area contributed by atoms with E-state index in [0.717, 1.165) is 48.8 Å². The van der Waals surface area contributed by atoms with Crippen molar-refractivity contribution in [2.24, 2.45) is 0 Å². The number of benzene rings is 2. The van der Waals surface area contributed by atoms with Crippen LogP contribution in [0.5, 0.6) is 0 Å². The van der Waals surface area contributed by atoms with Crippen molar-refractivity contribution in [2.75, 3.05) is 32.4 Å². The highest BCUT2D eigenvalue weighted by Gasteiger charge is 2.40. The summed E-state index contributed by atoms with van der Waals surface area (Å²) in [6.07, 6.45) is 4.98. The molecule has 38 heavy (non-hydrogen) atoms. The van der Waals surface area contributed by atoms with Crippen LogP contribution in [-0.4, -0.2) is 80.6 Å². The molecule has 1 amide bonds. The fourth-order valence-corrected chi connectivity index (χ4v) is 6.74. The van der Waals surface area contributed by atoms with Gasteiger partial charge in [-0.05, 0) is 81.8 Å². The van der Waals surface area contributed by atoms with E-state index >= 15 is 0 Å². The van der Waals surface area contributed by atoms with Crippen molar-refractivity contribution in [3.05, 3.63) is 69.7 Å². The third-order valence-corrected chi connectivity index (χ3v) is 8.98. The lowest BCUT2D eigenvalue weighted by molar-refractivity contribution is -0.00326. The minimum atomic E-state index is -1.09. The van der Waals surface area contributed by atoms with Gasteiger partial charge in [-0.2, -0.15) is 0 Å². The first-order chi connectivity index (χ1) is 18.0. The van der Waals surface area contributed by atoms with Gasteiger partial charge in [0.1, 0.15) is 5.60 Å². The fourth-order valence-electron chi connectivity index (χ4n) is 5.55. The number of carbonyl (C=O) groups excluding carboxylic acids is 1. The molecule has 6 nitrogen and oxygen atoms in total. The average Bonchev–Trinajstić information content (AvgIpc) is 2.86.